The van der Waals surface area contributed by atoms with Crippen molar-refractivity contribution in [2.45, 2.75) is 0 Å². The zero-order valence-corrected chi connectivity index (χ0v) is 23.2. The van der Waals surface area contributed by atoms with Gasteiger partial charge in [-0.05, 0) is 71.8 Å². The number of nitrogens with zero attached hydrogens (tertiary/aromatic N) is 1. The maximum atomic E-state index is 13.1. The molecule has 1 heterocycles. The molecule has 1 aliphatic rings. The average Bonchev–Trinajstić information content (AvgIpc) is 3.22. The van der Waals surface area contributed by atoms with Gasteiger partial charge in [-0.1, -0.05) is 52.3 Å². The lowest BCUT2D eigenvalue weighted by atomic mass is 10.1. The normalized spacial score (nSPS) is 14.2. The number of carbonyl (C=O) groups excluding carboxylic acids is 3. The number of esters is 1. The number of halogens is 1. The summed E-state index contributed by atoms with van der Waals surface area (Å²) < 4.78 is 17.4. The molecule has 0 N–H and O–H groups in total. The Bertz CT molecular complexity index is 1600. The molecular weight excluding hydrogens is 582 g/mol. The number of amides is 2. The lowest BCUT2D eigenvalue weighted by Gasteiger charge is -2.14. The Morgan fingerprint density at radius 2 is 1.72 bits per heavy atom. The van der Waals surface area contributed by atoms with Crippen molar-refractivity contribution in [1.82, 2.24) is 4.90 Å². The van der Waals surface area contributed by atoms with E-state index in [9.17, 15) is 14.4 Å². The van der Waals surface area contributed by atoms with Crippen LogP contribution in [0.4, 0.5) is 4.79 Å². The summed E-state index contributed by atoms with van der Waals surface area (Å²) in [7, 11) is 1.54. The van der Waals surface area contributed by atoms with Gasteiger partial charge in [0, 0.05) is 15.4 Å². The molecule has 4 aromatic rings. The van der Waals surface area contributed by atoms with Gasteiger partial charge >= 0.3 is 5.97 Å². The number of hydrogen-bond donors (Lipinski definition) is 0. The van der Waals surface area contributed by atoms with Crippen LogP contribution >= 0.6 is 27.7 Å². The van der Waals surface area contributed by atoms with Gasteiger partial charge in [-0.2, -0.15) is 0 Å². The summed E-state index contributed by atoms with van der Waals surface area (Å²) in [6.45, 7) is 0.254. The van der Waals surface area contributed by atoms with Gasteiger partial charge in [0.15, 0.2) is 0 Å². The first-order chi connectivity index (χ1) is 18.9. The fourth-order valence-electron chi connectivity index (χ4n) is 4.01. The molecule has 0 saturated carbocycles. The minimum Gasteiger partial charge on any atom is -0.497 e. The van der Waals surface area contributed by atoms with Crippen LogP contribution in [0.25, 0.3) is 16.8 Å². The number of hydrogen-bond acceptors (Lipinski definition) is 7. The molecule has 5 rings (SSSR count). The minimum atomic E-state index is -0.562. The summed E-state index contributed by atoms with van der Waals surface area (Å²) >= 11 is 4.25. The van der Waals surface area contributed by atoms with E-state index in [0.717, 1.165) is 31.9 Å². The fourth-order valence-corrected chi connectivity index (χ4v) is 5.25. The van der Waals surface area contributed by atoms with Gasteiger partial charge in [0.05, 0.1) is 24.1 Å². The molecule has 1 fully saturated rings. The quantitative estimate of drug-likeness (QED) is 0.122. The average molecular weight is 604 g/mol. The van der Waals surface area contributed by atoms with Gasteiger partial charge in [0.1, 0.15) is 23.9 Å². The monoisotopic (exact) mass is 603 g/mol. The van der Waals surface area contributed by atoms with Gasteiger partial charge in [-0.25, -0.2) is 4.79 Å². The van der Waals surface area contributed by atoms with E-state index in [4.69, 9.17) is 14.2 Å². The smallest absolute Gasteiger partial charge is 0.343 e. The molecule has 39 heavy (non-hydrogen) atoms. The zero-order chi connectivity index (χ0) is 27.4. The maximum Gasteiger partial charge on any atom is 0.343 e. The zero-order valence-electron chi connectivity index (χ0n) is 20.8. The van der Waals surface area contributed by atoms with Crippen molar-refractivity contribution in [2.24, 2.45) is 0 Å². The maximum absolute atomic E-state index is 13.1. The summed E-state index contributed by atoms with van der Waals surface area (Å²) in [5.41, 5.74) is 0.819. The summed E-state index contributed by atoms with van der Waals surface area (Å²) in [4.78, 5) is 39.9. The largest absolute Gasteiger partial charge is 0.497 e. The van der Waals surface area contributed by atoms with E-state index in [-0.39, 0.29) is 29.0 Å². The first-order valence-electron chi connectivity index (χ1n) is 11.9. The molecule has 196 valence electrons. The van der Waals surface area contributed by atoms with E-state index in [0.29, 0.717) is 22.6 Å². The Morgan fingerprint density at radius 1 is 0.949 bits per heavy atom. The molecule has 0 aromatic heterocycles. The van der Waals surface area contributed by atoms with Crippen LogP contribution in [0.2, 0.25) is 0 Å². The molecule has 0 aliphatic carbocycles. The van der Waals surface area contributed by atoms with E-state index >= 15 is 0 Å². The van der Waals surface area contributed by atoms with Crippen molar-refractivity contribution in [3.63, 3.8) is 0 Å². The molecule has 7 nitrogen and oxygen atoms in total. The fraction of sp³-hybridized carbons (Fsp3) is 0.100. The molecule has 0 bridgehead atoms. The van der Waals surface area contributed by atoms with Gasteiger partial charge in [-0.15, -0.1) is 0 Å². The summed E-state index contributed by atoms with van der Waals surface area (Å²) in [5, 5.41) is 1.61. The Balaban J connectivity index is 1.29. The van der Waals surface area contributed by atoms with E-state index in [1.165, 1.54) is 0 Å². The number of benzene rings is 4. The van der Waals surface area contributed by atoms with Crippen LogP contribution in [0.15, 0.2) is 94.3 Å². The second kappa shape index (κ2) is 11.8. The van der Waals surface area contributed by atoms with Crippen LogP contribution in [-0.2, 0) is 4.79 Å². The molecule has 1 saturated heterocycles. The van der Waals surface area contributed by atoms with E-state index < -0.39 is 11.9 Å². The van der Waals surface area contributed by atoms with Crippen LogP contribution in [0.1, 0.15) is 15.9 Å². The highest BCUT2D eigenvalue weighted by molar-refractivity contribution is 9.10. The lowest BCUT2D eigenvalue weighted by Crippen LogP contribution is -2.32. The molecular formula is C30H22BrNO6S. The van der Waals surface area contributed by atoms with Crippen molar-refractivity contribution in [1.29, 1.82) is 0 Å². The highest BCUT2D eigenvalue weighted by Gasteiger charge is 2.35. The number of thioether (sulfide) groups is 1. The predicted molar refractivity (Wildman–Crippen MR) is 154 cm³/mol. The molecule has 0 radical (unpaired) electrons. The summed E-state index contributed by atoms with van der Waals surface area (Å²) in [5.74, 6) is 0.569. The topological polar surface area (TPSA) is 82.1 Å². The number of methoxy groups -OCH3 is 1. The third-order valence-electron chi connectivity index (χ3n) is 5.98. The Morgan fingerprint density at radius 3 is 2.51 bits per heavy atom. The second-order valence-corrected chi connectivity index (χ2v) is 10.4. The summed E-state index contributed by atoms with van der Waals surface area (Å²) in [6.07, 6.45) is 1.55. The Kier molecular flexibility index (Phi) is 7.99. The number of rotatable bonds is 8. The SMILES string of the molecule is COc1ccc(C(=O)Oc2ccc(Br)cc2/C=C2\SC(=O)N(CCOc3cccc4ccccc34)C2=O)cc1. The molecule has 0 unspecified atom stereocenters. The molecule has 9 heteroatoms. The minimum absolute atomic E-state index is 0.100. The third kappa shape index (κ3) is 6.00. The third-order valence-corrected chi connectivity index (χ3v) is 7.38. The lowest BCUT2D eigenvalue weighted by molar-refractivity contribution is -0.123. The highest BCUT2D eigenvalue weighted by atomic mass is 79.9. The van der Waals surface area contributed by atoms with Crippen molar-refractivity contribution >= 4 is 61.7 Å². The first kappa shape index (κ1) is 26.5. The Labute approximate surface area is 237 Å². The number of fused-ring (bicyclic) bond motifs is 1. The first-order valence-corrected chi connectivity index (χ1v) is 13.6. The molecule has 0 atom stereocenters. The molecule has 0 spiro atoms. The number of ether oxygens (including phenoxy) is 3. The van der Waals surface area contributed by atoms with E-state index in [1.807, 2.05) is 42.5 Å². The molecule has 1 aliphatic heterocycles. The van der Waals surface area contributed by atoms with Crippen LogP contribution in [0.5, 0.6) is 17.2 Å². The predicted octanol–water partition coefficient (Wildman–Crippen LogP) is 6.95. The summed E-state index contributed by atoms with van der Waals surface area (Å²) in [6, 6.07) is 25.2. The van der Waals surface area contributed by atoms with Crippen LogP contribution < -0.4 is 14.2 Å². The van der Waals surface area contributed by atoms with Crippen LogP contribution in [-0.4, -0.2) is 42.3 Å². The van der Waals surface area contributed by atoms with E-state index in [1.54, 1.807) is 55.7 Å². The van der Waals surface area contributed by atoms with Gasteiger partial charge in [-0.3, -0.25) is 14.5 Å². The van der Waals surface area contributed by atoms with Crippen molar-refractivity contribution in [3.8, 4) is 17.2 Å². The standard InChI is InChI=1S/C30H22BrNO6S/c1-36-23-12-9-20(10-13-23)29(34)38-25-14-11-22(31)17-21(25)18-27-28(33)32(30(35)39-27)15-16-37-26-8-4-6-19-5-2-3-7-24(19)26/h2-14,17-18H,15-16H2,1H3/b27-18-. The van der Waals surface area contributed by atoms with Gasteiger partial charge in [0.2, 0.25) is 0 Å². The number of carbonyl (C=O) groups is 3. The highest BCUT2D eigenvalue weighted by Crippen LogP contribution is 2.35. The number of imide groups is 1. The van der Waals surface area contributed by atoms with Gasteiger partial charge in [0.25, 0.3) is 11.1 Å². The molecule has 2 amide bonds. The van der Waals surface area contributed by atoms with Crippen molar-refractivity contribution in [3.05, 3.63) is 105 Å². The Hall–Kier alpha value is -4.08. The van der Waals surface area contributed by atoms with E-state index in [2.05, 4.69) is 15.9 Å². The van der Waals surface area contributed by atoms with Crippen molar-refractivity contribution < 1.29 is 28.6 Å². The van der Waals surface area contributed by atoms with Crippen LogP contribution in [0.3, 0.4) is 0 Å². The molecule has 4 aromatic carbocycles. The van der Waals surface area contributed by atoms with Crippen LogP contribution in [0, 0.1) is 0 Å². The van der Waals surface area contributed by atoms with Crippen molar-refractivity contribution in [2.75, 3.05) is 20.3 Å². The van der Waals surface area contributed by atoms with Gasteiger partial charge < -0.3 is 14.2 Å². The second-order valence-electron chi connectivity index (χ2n) is 8.46.